The minimum Gasteiger partial charge on any atom is -0.507 e. The van der Waals surface area contributed by atoms with Crippen LogP contribution >= 0.6 is 23.5 Å². The van der Waals surface area contributed by atoms with Crippen molar-refractivity contribution >= 4 is 35.7 Å². The van der Waals surface area contributed by atoms with Gasteiger partial charge in [0.1, 0.15) is 11.5 Å². The molecule has 0 bridgehead atoms. The normalized spacial score (nSPS) is 12.3. The summed E-state index contributed by atoms with van der Waals surface area (Å²) < 4.78 is 0. The molecule has 0 amide bonds. The summed E-state index contributed by atoms with van der Waals surface area (Å²) in [5.74, 6) is 3.84. The fourth-order valence-electron chi connectivity index (χ4n) is 2.20. The van der Waals surface area contributed by atoms with Crippen LogP contribution in [0, 0.1) is 0 Å². The molecule has 0 aliphatic heterocycles. The third-order valence-electron chi connectivity index (χ3n) is 3.46. The van der Waals surface area contributed by atoms with E-state index in [9.17, 15) is 10.2 Å². The van der Waals surface area contributed by atoms with Gasteiger partial charge in [-0.2, -0.15) is 23.5 Å². The van der Waals surface area contributed by atoms with Crippen LogP contribution in [0.3, 0.4) is 0 Å². The van der Waals surface area contributed by atoms with Crippen LogP contribution in [-0.2, 0) is 0 Å². The van der Waals surface area contributed by atoms with E-state index in [2.05, 4.69) is 0 Å². The van der Waals surface area contributed by atoms with Gasteiger partial charge in [0.05, 0.1) is 0 Å². The van der Waals surface area contributed by atoms with Gasteiger partial charge in [-0.15, -0.1) is 0 Å². The second-order valence-electron chi connectivity index (χ2n) is 5.66. The van der Waals surface area contributed by atoms with Crippen molar-refractivity contribution in [3.8, 4) is 11.5 Å². The Hall–Kier alpha value is -2.18. The Bertz CT molecular complexity index is 710. The summed E-state index contributed by atoms with van der Waals surface area (Å²) in [6, 6.07) is 14.3. The molecule has 2 rings (SSSR count). The number of benzene rings is 2. The SMILES string of the molecule is NC(=Cc1ccccc1O)CSCCSCC(N)=Cc1ccccc1O. The fraction of sp³-hybridized carbons (Fsp3) is 0.200. The monoisotopic (exact) mass is 388 g/mol. The maximum atomic E-state index is 9.73. The molecule has 4 nitrogen and oxygen atoms in total. The predicted molar refractivity (Wildman–Crippen MR) is 115 cm³/mol. The molecule has 0 heterocycles. The lowest BCUT2D eigenvalue weighted by Gasteiger charge is -2.05. The Labute approximate surface area is 163 Å². The molecule has 0 unspecified atom stereocenters. The average molecular weight is 389 g/mol. The third kappa shape index (κ3) is 6.98. The van der Waals surface area contributed by atoms with Crippen LogP contribution in [0.2, 0.25) is 0 Å². The minimum atomic E-state index is 0.239. The molecular weight excluding hydrogens is 364 g/mol. The van der Waals surface area contributed by atoms with Crippen LogP contribution in [0.15, 0.2) is 59.9 Å². The standard InChI is InChI=1S/C20H24N2O2S2/c21-17(11-15-5-1-3-7-19(15)23)13-25-9-10-26-14-18(22)12-16-6-2-4-8-20(16)24/h1-8,11-12,23-24H,9-10,13-14,21-22H2. The third-order valence-corrected chi connectivity index (χ3v) is 5.78. The molecule has 6 N–H and O–H groups in total. The van der Waals surface area contributed by atoms with Crippen molar-refractivity contribution < 1.29 is 10.2 Å². The molecule has 0 fully saturated rings. The molecule has 6 heteroatoms. The van der Waals surface area contributed by atoms with Crippen molar-refractivity contribution in [2.75, 3.05) is 23.0 Å². The van der Waals surface area contributed by atoms with Gasteiger partial charge in [-0.1, -0.05) is 36.4 Å². The zero-order chi connectivity index (χ0) is 18.8. The number of rotatable bonds is 9. The lowest BCUT2D eigenvalue weighted by molar-refractivity contribution is 0.473. The minimum absolute atomic E-state index is 0.239. The summed E-state index contributed by atoms with van der Waals surface area (Å²) in [5, 5.41) is 19.5. The number of para-hydroxylation sites is 2. The first-order valence-electron chi connectivity index (χ1n) is 8.20. The number of phenolic OH excluding ortho intramolecular Hbond substituents is 2. The quantitative estimate of drug-likeness (QED) is 0.488. The largest absolute Gasteiger partial charge is 0.507 e. The van der Waals surface area contributed by atoms with E-state index < -0.39 is 0 Å². The van der Waals surface area contributed by atoms with Gasteiger partial charge in [-0.3, -0.25) is 0 Å². The van der Waals surface area contributed by atoms with Crippen LogP contribution in [-0.4, -0.2) is 33.2 Å². The number of aromatic hydroxyl groups is 2. The van der Waals surface area contributed by atoms with Gasteiger partial charge in [0.2, 0.25) is 0 Å². The molecule has 0 atom stereocenters. The van der Waals surface area contributed by atoms with Crippen molar-refractivity contribution in [1.29, 1.82) is 0 Å². The number of thioether (sulfide) groups is 2. The van der Waals surface area contributed by atoms with Gasteiger partial charge >= 0.3 is 0 Å². The molecule has 0 aromatic heterocycles. The summed E-state index contributed by atoms with van der Waals surface area (Å²) >= 11 is 3.50. The predicted octanol–water partition coefficient (Wildman–Crippen LogP) is 3.86. The van der Waals surface area contributed by atoms with Crippen molar-refractivity contribution in [3.05, 3.63) is 71.1 Å². The van der Waals surface area contributed by atoms with E-state index in [0.29, 0.717) is 0 Å². The highest BCUT2D eigenvalue weighted by molar-refractivity contribution is 8.03. The lowest BCUT2D eigenvalue weighted by Crippen LogP contribution is -2.03. The maximum Gasteiger partial charge on any atom is 0.122 e. The lowest BCUT2D eigenvalue weighted by atomic mass is 10.2. The summed E-state index contributed by atoms with van der Waals surface area (Å²) in [6.45, 7) is 0. The first kappa shape index (κ1) is 20.1. The van der Waals surface area contributed by atoms with Gasteiger partial charge < -0.3 is 21.7 Å². The van der Waals surface area contributed by atoms with Crippen LogP contribution in [0.4, 0.5) is 0 Å². The number of nitrogens with two attached hydrogens (primary N) is 2. The highest BCUT2D eigenvalue weighted by atomic mass is 32.2. The molecule has 2 aromatic rings. The van der Waals surface area contributed by atoms with Crippen molar-refractivity contribution in [2.24, 2.45) is 11.5 Å². The molecule has 0 radical (unpaired) electrons. The van der Waals surface area contributed by atoms with Crippen LogP contribution in [0.1, 0.15) is 11.1 Å². The van der Waals surface area contributed by atoms with Gasteiger partial charge in [0.25, 0.3) is 0 Å². The average Bonchev–Trinajstić information content (AvgIpc) is 2.62. The van der Waals surface area contributed by atoms with Gasteiger partial charge in [-0.25, -0.2) is 0 Å². The Balaban J connectivity index is 1.66. The second kappa shape index (κ2) is 10.7. The van der Waals surface area contributed by atoms with Gasteiger partial charge in [0, 0.05) is 45.5 Å². The van der Waals surface area contributed by atoms with Crippen molar-refractivity contribution in [2.45, 2.75) is 0 Å². The van der Waals surface area contributed by atoms with Gasteiger partial charge in [-0.05, 0) is 24.3 Å². The Morgan fingerprint density at radius 1 is 0.731 bits per heavy atom. The second-order valence-corrected chi connectivity index (χ2v) is 7.87. The Kier molecular flexibility index (Phi) is 8.31. The Morgan fingerprint density at radius 3 is 1.50 bits per heavy atom. The van der Waals surface area contributed by atoms with Crippen molar-refractivity contribution in [3.63, 3.8) is 0 Å². The van der Waals surface area contributed by atoms with E-state index in [1.165, 1.54) is 0 Å². The molecule has 0 spiro atoms. The Morgan fingerprint density at radius 2 is 1.12 bits per heavy atom. The molecule has 138 valence electrons. The molecule has 26 heavy (non-hydrogen) atoms. The smallest absolute Gasteiger partial charge is 0.122 e. The molecule has 0 aliphatic rings. The van der Waals surface area contributed by atoms with Crippen LogP contribution in [0.25, 0.3) is 12.2 Å². The van der Waals surface area contributed by atoms with E-state index >= 15 is 0 Å². The number of hydrogen-bond donors (Lipinski definition) is 4. The highest BCUT2D eigenvalue weighted by Crippen LogP contribution is 2.20. The molecule has 0 aliphatic carbocycles. The molecule has 2 aromatic carbocycles. The van der Waals surface area contributed by atoms with Crippen LogP contribution < -0.4 is 11.5 Å². The fourth-order valence-corrected chi connectivity index (χ4v) is 4.07. The number of phenols is 2. The summed E-state index contributed by atoms with van der Waals surface area (Å²) in [5.41, 5.74) is 15.0. The highest BCUT2D eigenvalue weighted by Gasteiger charge is 2.00. The molecule has 0 saturated carbocycles. The summed E-state index contributed by atoms with van der Waals surface area (Å²) in [7, 11) is 0. The van der Waals surface area contributed by atoms with E-state index in [4.69, 9.17) is 11.5 Å². The van der Waals surface area contributed by atoms with E-state index in [0.717, 1.165) is 45.5 Å². The van der Waals surface area contributed by atoms with Crippen molar-refractivity contribution in [1.82, 2.24) is 0 Å². The maximum absolute atomic E-state index is 9.73. The first-order valence-corrected chi connectivity index (χ1v) is 10.5. The van der Waals surface area contributed by atoms with Gasteiger partial charge in [0.15, 0.2) is 0 Å². The number of hydrogen-bond acceptors (Lipinski definition) is 6. The molecule has 0 saturated heterocycles. The van der Waals surface area contributed by atoms with E-state index in [1.807, 2.05) is 36.4 Å². The summed E-state index contributed by atoms with van der Waals surface area (Å²) in [4.78, 5) is 0. The van der Waals surface area contributed by atoms with Crippen LogP contribution in [0.5, 0.6) is 11.5 Å². The zero-order valence-corrected chi connectivity index (χ0v) is 16.1. The first-order chi connectivity index (χ1) is 12.6. The van der Waals surface area contributed by atoms with E-state index in [-0.39, 0.29) is 11.5 Å². The zero-order valence-electron chi connectivity index (χ0n) is 14.5. The summed E-state index contributed by atoms with van der Waals surface area (Å²) in [6.07, 6.45) is 3.62. The van der Waals surface area contributed by atoms with E-state index in [1.54, 1.807) is 47.8 Å². The topological polar surface area (TPSA) is 92.5 Å². The molecular formula is C20H24N2O2S2.